The van der Waals surface area contributed by atoms with Gasteiger partial charge in [0.15, 0.2) is 11.6 Å². The van der Waals surface area contributed by atoms with Crippen molar-refractivity contribution in [3.8, 4) is 0 Å². The van der Waals surface area contributed by atoms with Crippen molar-refractivity contribution >= 4 is 29.3 Å². The lowest BCUT2D eigenvalue weighted by Gasteiger charge is -2.20. The molecule has 2 aromatic rings. The third-order valence-corrected chi connectivity index (χ3v) is 5.24. The molecule has 0 saturated heterocycles. The van der Waals surface area contributed by atoms with E-state index in [9.17, 15) is 19.2 Å². The first-order valence-corrected chi connectivity index (χ1v) is 9.79. The molecule has 1 aliphatic rings. The summed E-state index contributed by atoms with van der Waals surface area (Å²) in [5.41, 5.74) is 1.13. The van der Waals surface area contributed by atoms with E-state index in [-0.39, 0.29) is 36.3 Å². The third kappa shape index (κ3) is 4.25. The molecule has 0 bridgehead atoms. The van der Waals surface area contributed by atoms with Gasteiger partial charge in [-0.3, -0.25) is 14.4 Å². The summed E-state index contributed by atoms with van der Waals surface area (Å²) in [6.45, 7) is 5.71. The Labute approximate surface area is 174 Å². The van der Waals surface area contributed by atoms with E-state index in [0.717, 1.165) is 0 Å². The Bertz CT molecular complexity index is 1030. The van der Waals surface area contributed by atoms with Crippen LogP contribution in [0.15, 0.2) is 42.5 Å². The largest absolute Gasteiger partial charge is 0.463 e. The third-order valence-electron chi connectivity index (χ3n) is 5.24. The van der Waals surface area contributed by atoms with Crippen LogP contribution >= 0.6 is 0 Å². The number of rotatable bonds is 6. The summed E-state index contributed by atoms with van der Waals surface area (Å²) in [5, 5.41) is 5.22. The normalized spacial score (nSPS) is 12.6. The Kier molecular flexibility index (Phi) is 6.01. The molecule has 0 fully saturated rings. The van der Waals surface area contributed by atoms with Crippen molar-refractivity contribution in [2.24, 2.45) is 5.41 Å². The van der Waals surface area contributed by atoms with Crippen LogP contribution in [0.3, 0.4) is 0 Å². The Balaban J connectivity index is 1.59. The minimum Gasteiger partial charge on any atom is -0.463 e. The Morgan fingerprint density at radius 1 is 0.933 bits per heavy atom. The van der Waals surface area contributed by atoms with Gasteiger partial charge in [0.1, 0.15) is 6.61 Å². The Morgan fingerprint density at radius 3 is 2.17 bits per heavy atom. The molecule has 2 amide bonds. The lowest BCUT2D eigenvalue weighted by atomic mass is 9.84. The summed E-state index contributed by atoms with van der Waals surface area (Å²) < 4.78 is 5.17. The van der Waals surface area contributed by atoms with Gasteiger partial charge >= 0.3 is 12.0 Å². The number of esters is 1. The minimum absolute atomic E-state index is 0.0592. The molecular weight excluding hydrogens is 384 g/mol. The molecule has 7 heteroatoms. The molecule has 156 valence electrons. The van der Waals surface area contributed by atoms with Gasteiger partial charge < -0.3 is 15.4 Å². The molecule has 0 heterocycles. The molecule has 3 rings (SSSR count). The van der Waals surface area contributed by atoms with Gasteiger partial charge in [-0.15, -0.1) is 0 Å². The van der Waals surface area contributed by atoms with Crippen LogP contribution in [0.5, 0.6) is 0 Å². The van der Waals surface area contributed by atoms with E-state index in [0.29, 0.717) is 28.8 Å². The number of ether oxygens (including phenoxy) is 1. The number of anilines is 1. The van der Waals surface area contributed by atoms with Crippen molar-refractivity contribution in [3.05, 3.63) is 64.7 Å². The van der Waals surface area contributed by atoms with Gasteiger partial charge in [0.2, 0.25) is 0 Å². The minimum atomic E-state index is -0.562. The summed E-state index contributed by atoms with van der Waals surface area (Å²) in [7, 11) is 0. The molecule has 7 nitrogen and oxygen atoms in total. The first-order chi connectivity index (χ1) is 14.2. The fraction of sp³-hybridized carbons (Fsp3) is 0.304. The molecular formula is C23H24N2O5. The molecule has 1 aliphatic carbocycles. The monoisotopic (exact) mass is 408 g/mol. The molecule has 0 atom stereocenters. The standard InChI is InChI=1S/C23H24N2O5/c1-4-23(2,3)21(28)30-12-11-24-22(29)25-14-9-10-17-18(13-14)20(27)16-8-6-5-7-15(16)19(17)26/h5-10,13H,4,11-12H2,1-3H3,(H2,24,25,29). The van der Waals surface area contributed by atoms with Crippen LogP contribution in [0.4, 0.5) is 10.5 Å². The number of hydrogen-bond acceptors (Lipinski definition) is 5. The van der Waals surface area contributed by atoms with Crippen molar-refractivity contribution in [2.75, 3.05) is 18.5 Å². The van der Waals surface area contributed by atoms with E-state index in [2.05, 4.69) is 10.6 Å². The van der Waals surface area contributed by atoms with Gasteiger partial charge in [-0.05, 0) is 38.5 Å². The highest BCUT2D eigenvalue weighted by molar-refractivity contribution is 6.28. The maximum absolute atomic E-state index is 12.7. The zero-order chi connectivity index (χ0) is 21.9. The van der Waals surface area contributed by atoms with Gasteiger partial charge in [0.05, 0.1) is 12.0 Å². The van der Waals surface area contributed by atoms with Crippen molar-refractivity contribution in [3.63, 3.8) is 0 Å². The maximum atomic E-state index is 12.7. The number of ketones is 2. The maximum Gasteiger partial charge on any atom is 0.319 e. The molecule has 0 aromatic heterocycles. The van der Waals surface area contributed by atoms with E-state index >= 15 is 0 Å². The highest BCUT2D eigenvalue weighted by atomic mass is 16.5. The van der Waals surface area contributed by atoms with Crippen LogP contribution in [0.2, 0.25) is 0 Å². The Hall–Kier alpha value is -3.48. The number of benzene rings is 2. The number of hydrogen-bond donors (Lipinski definition) is 2. The van der Waals surface area contributed by atoms with E-state index in [1.54, 1.807) is 44.2 Å². The van der Waals surface area contributed by atoms with Gasteiger partial charge in [0, 0.05) is 27.9 Å². The highest BCUT2D eigenvalue weighted by Gasteiger charge is 2.29. The van der Waals surface area contributed by atoms with Crippen molar-refractivity contribution in [2.45, 2.75) is 27.2 Å². The summed E-state index contributed by atoms with van der Waals surface area (Å²) in [5.74, 6) is -0.784. The van der Waals surface area contributed by atoms with E-state index in [1.807, 2.05) is 6.92 Å². The average molecular weight is 408 g/mol. The summed E-state index contributed by atoms with van der Waals surface area (Å²) >= 11 is 0. The van der Waals surface area contributed by atoms with Crippen LogP contribution in [-0.2, 0) is 9.53 Å². The lowest BCUT2D eigenvalue weighted by Crippen LogP contribution is -2.34. The average Bonchev–Trinajstić information content (AvgIpc) is 2.74. The quantitative estimate of drug-likeness (QED) is 0.480. The van der Waals surface area contributed by atoms with Gasteiger partial charge in [-0.2, -0.15) is 0 Å². The zero-order valence-corrected chi connectivity index (χ0v) is 17.2. The predicted octanol–water partition coefficient (Wildman–Crippen LogP) is 3.56. The molecule has 0 radical (unpaired) electrons. The topological polar surface area (TPSA) is 102 Å². The van der Waals surface area contributed by atoms with Crippen molar-refractivity contribution < 1.29 is 23.9 Å². The molecule has 0 unspecified atom stereocenters. The summed E-state index contributed by atoms with van der Waals surface area (Å²) in [4.78, 5) is 49.4. The SMILES string of the molecule is CCC(C)(C)C(=O)OCCNC(=O)Nc1ccc2c(c1)C(=O)c1ccccc1C2=O. The number of nitrogens with one attached hydrogen (secondary N) is 2. The lowest BCUT2D eigenvalue weighted by molar-refractivity contribution is -0.153. The van der Waals surface area contributed by atoms with Crippen LogP contribution in [0, 0.1) is 5.41 Å². The second-order valence-corrected chi connectivity index (χ2v) is 7.72. The summed E-state index contributed by atoms with van der Waals surface area (Å²) in [6, 6.07) is 10.8. The smallest absolute Gasteiger partial charge is 0.319 e. The Morgan fingerprint density at radius 2 is 1.53 bits per heavy atom. The van der Waals surface area contributed by atoms with E-state index in [4.69, 9.17) is 4.74 Å². The molecule has 0 saturated carbocycles. The van der Waals surface area contributed by atoms with E-state index < -0.39 is 11.4 Å². The second kappa shape index (κ2) is 8.49. The molecule has 2 N–H and O–H groups in total. The van der Waals surface area contributed by atoms with Crippen molar-refractivity contribution in [1.29, 1.82) is 0 Å². The van der Waals surface area contributed by atoms with Crippen LogP contribution < -0.4 is 10.6 Å². The fourth-order valence-electron chi connectivity index (χ4n) is 3.00. The molecule has 0 spiro atoms. The number of carbonyl (C=O) groups excluding carboxylic acids is 4. The zero-order valence-electron chi connectivity index (χ0n) is 17.2. The van der Waals surface area contributed by atoms with Gasteiger partial charge in [-0.1, -0.05) is 31.2 Å². The fourth-order valence-corrected chi connectivity index (χ4v) is 3.00. The number of carbonyl (C=O) groups is 4. The highest BCUT2D eigenvalue weighted by Crippen LogP contribution is 2.29. The molecule has 30 heavy (non-hydrogen) atoms. The van der Waals surface area contributed by atoms with Gasteiger partial charge in [-0.25, -0.2) is 4.79 Å². The number of urea groups is 1. The van der Waals surface area contributed by atoms with Crippen LogP contribution in [-0.4, -0.2) is 36.7 Å². The summed E-state index contributed by atoms with van der Waals surface area (Å²) in [6.07, 6.45) is 0.657. The predicted molar refractivity (Wildman–Crippen MR) is 112 cm³/mol. The molecule has 0 aliphatic heterocycles. The first kappa shape index (κ1) is 21.2. The first-order valence-electron chi connectivity index (χ1n) is 9.79. The van der Waals surface area contributed by atoms with E-state index in [1.165, 1.54) is 12.1 Å². The van der Waals surface area contributed by atoms with Crippen LogP contribution in [0.1, 0.15) is 59.0 Å². The molecule has 2 aromatic carbocycles. The number of fused-ring (bicyclic) bond motifs is 2. The number of amides is 2. The second-order valence-electron chi connectivity index (χ2n) is 7.72. The van der Waals surface area contributed by atoms with Crippen molar-refractivity contribution in [1.82, 2.24) is 5.32 Å². The van der Waals surface area contributed by atoms with Crippen LogP contribution in [0.25, 0.3) is 0 Å². The van der Waals surface area contributed by atoms with Gasteiger partial charge in [0.25, 0.3) is 0 Å².